The SMILES string of the molecule is CCN(CCC#N)Cc1cccc(C#N)c1F. The Bertz CT molecular complexity index is 457. The standard InChI is InChI=1S/C13H14FN3/c1-2-17(8-4-7-15)10-12-6-3-5-11(9-16)13(12)14/h3,5-6H,2,4,8,10H2,1H3. The second-order valence-corrected chi connectivity index (χ2v) is 3.67. The molecule has 0 aliphatic heterocycles. The van der Waals surface area contributed by atoms with Gasteiger partial charge >= 0.3 is 0 Å². The second-order valence-electron chi connectivity index (χ2n) is 3.67. The van der Waals surface area contributed by atoms with Crippen LogP contribution in [0.2, 0.25) is 0 Å². The van der Waals surface area contributed by atoms with E-state index in [9.17, 15) is 4.39 Å². The molecule has 0 unspecified atom stereocenters. The smallest absolute Gasteiger partial charge is 0.145 e. The second kappa shape index (κ2) is 6.62. The van der Waals surface area contributed by atoms with Crippen LogP contribution >= 0.6 is 0 Å². The molecular weight excluding hydrogens is 217 g/mol. The summed E-state index contributed by atoms with van der Waals surface area (Å²) >= 11 is 0. The minimum Gasteiger partial charge on any atom is -0.298 e. The van der Waals surface area contributed by atoms with Crippen molar-refractivity contribution in [2.75, 3.05) is 13.1 Å². The fraction of sp³-hybridized carbons (Fsp3) is 0.385. The molecule has 0 N–H and O–H groups in total. The molecule has 17 heavy (non-hydrogen) atoms. The first-order chi connectivity index (χ1) is 8.22. The van der Waals surface area contributed by atoms with Gasteiger partial charge in [-0.1, -0.05) is 19.1 Å². The first-order valence-electron chi connectivity index (χ1n) is 5.49. The van der Waals surface area contributed by atoms with Crippen LogP contribution in [0.1, 0.15) is 24.5 Å². The van der Waals surface area contributed by atoms with Crippen LogP contribution in [0.5, 0.6) is 0 Å². The summed E-state index contributed by atoms with van der Waals surface area (Å²) in [6.07, 6.45) is 0.424. The maximum absolute atomic E-state index is 13.8. The molecule has 0 fully saturated rings. The molecule has 0 heterocycles. The lowest BCUT2D eigenvalue weighted by molar-refractivity contribution is 0.282. The monoisotopic (exact) mass is 231 g/mol. The molecule has 4 heteroatoms. The van der Waals surface area contributed by atoms with Crippen molar-refractivity contribution in [3.05, 3.63) is 35.1 Å². The molecule has 3 nitrogen and oxygen atoms in total. The molecule has 1 aromatic carbocycles. The molecule has 0 spiro atoms. The first-order valence-corrected chi connectivity index (χ1v) is 5.49. The van der Waals surface area contributed by atoms with Gasteiger partial charge in [-0.2, -0.15) is 10.5 Å². The van der Waals surface area contributed by atoms with Gasteiger partial charge in [0.1, 0.15) is 11.9 Å². The summed E-state index contributed by atoms with van der Waals surface area (Å²) < 4.78 is 13.8. The summed E-state index contributed by atoms with van der Waals surface area (Å²) in [5, 5.41) is 17.2. The molecule has 0 amide bonds. The van der Waals surface area contributed by atoms with Gasteiger partial charge < -0.3 is 0 Å². The van der Waals surface area contributed by atoms with Crippen molar-refractivity contribution in [3.8, 4) is 12.1 Å². The van der Waals surface area contributed by atoms with Crippen molar-refractivity contribution in [1.82, 2.24) is 4.90 Å². The maximum atomic E-state index is 13.8. The number of benzene rings is 1. The minimum atomic E-state index is -0.453. The molecule has 1 aromatic rings. The van der Waals surface area contributed by atoms with E-state index < -0.39 is 5.82 Å². The predicted octanol–water partition coefficient (Wildman–Crippen LogP) is 2.43. The molecule has 0 aromatic heterocycles. The Labute approximate surface area is 101 Å². The highest BCUT2D eigenvalue weighted by atomic mass is 19.1. The number of hydrogen-bond donors (Lipinski definition) is 0. The van der Waals surface area contributed by atoms with Crippen molar-refractivity contribution in [1.29, 1.82) is 10.5 Å². The van der Waals surface area contributed by atoms with Crippen molar-refractivity contribution >= 4 is 0 Å². The van der Waals surface area contributed by atoms with Gasteiger partial charge in [-0.15, -0.1) is 0 Å². The highest BCUT2D eigenvalue weighted by molar-refractivity contribution is 5.34. The lowest BCUT2D eigenvalue weighted by atomic mass is 10.1. The van der Waals surface area contributed by atoms with Crippen LogP contribution in [0.3, 0.4) is 0 Å². The van der Waals surface area contributed by atoms with E-state index in [1.54, 1.807) is 12.1 Å². The Morgan fingerprint density at radius 1 is 1.35 bits per heavy atom. The summed E-state index contributed by atoms with van der Waals surface area (Å²) in [6, 6.07) is 8.70. The number of halogens is 1. The van der Waals surface area contributed by atoms with Gasteiger partial charge in [0.25, 0.3) is 0 Å². The van der Waals surface area contributed by atoms with E-state index in [4.69, 9.17) is 10.5 Å². The molecule has 1 rings (SSSR count). The summed E-state index contributed by atoms with van der Waals surface area (Å²) in [5.74, 6) is -0.453. The largest absolute Gasteiger partial charge is 0.298 e. The molecule has 0 atom stereocenters. The van der Waals surface area contributed by atoms with E-state index in [2.05, 4.69) is 6.07 Å². The van der Waals surface area contributed by atoms with Crippen LogP contribution < -0.4 is 0 Å². The van der Waals surface area contributed by atoms with Crippen molar-refractivity contribution < 1.29 is 4.39 Å². The number of rotatable bonds is 5. The van der Waals surface area contributed by atoms with Crippen LogP contribution in [-0.2, 0) is 6.54 Å². The fourth-order valence-electron chi connectivity index (χ4n) is 1.59. The minimum absolute atomic E-state index is 0.0684. The normalized spacial score (nSPS) is 9.94. The van der Waals surface area contributed by atoms with Crippen LogP contribution in [0.25, 0.3) is 0 Å². The van der Waals surface area contributed by atoms with Gasteiger partial charge in [-0.25, -0.2) is 4.39 Å². The topological polar surface area (TPSA) is 50.8 Å². The summed E-state index contributed by atoms with van der Waals surface area (Å²) in [4.78, 5) is 1.97. The van der Waals surface area contributed by atoms with Crippen molar-refractivity contribution in [3.63, 3.8) is 0 Å². The molecule has 0 saturated heterocycles. The van der Waals surface area contributed by atoms with E-state index in [0.717, 1.165) is 6.54 Å². The van der Waals surface area contributed by atoms with Gasteiger partial charge in [0.2, 0.25) is 0 Å². The van der Waals surface area contributed by atoms with Crippen molar-refractivity contribution in [2.45, 2.75) is 19.9 Å². The molecule has 0 radical (unpaired) electrons. The third kappa shape index (κ3) is 3.55. The van der Waals surface area contributed by atoms with Crippen LogP contribution in [-0.4, -0.2) is 18.0 Å². The van der Waals surface area contributed by atoms with Gasteiger partial charge in [-0.3, -0.25) is 4.90 Å². The number of nitriles is 2. The lowest BCUT2D eigenvalue weighted by Crippen LogP contribution is -2.24. The number of nitrogens with zero attached hydrogens (tertiary/aromatic N) is 3. The Balaban J connectivity index is 2.80. The van der Waals surface area contributed by atoms with E-state index in [0.29, 0.717) is 25.1 Å². The highest BCUT2D eigenvalue weighted by Crippen LogP contribution is 2.14. The molecule has 0 aliphatic carbocycles. The molecular formula is C13H14FN3. The Kier molecular flexibility index (Phi) is 5.13. The van der Waals surface area contributed by atoms with E-state index in [1.807, 2.05) is 17.9 Å². The van der Waals surface area contributed by atoms with Crippen LogP contribution in [0.15, 0.2) is 18.2 Å². The summed E-state index contributed by atoms with van der Waals surface area (Å²) in [5.41, 5.74) is 0.572. The Morgan fingerprint density at radius 3 is 2.71 bits per heavy atom. The van der Waals surface area contributed by atoms with Crippen molar-refractivity contribution in [2.24, 2.45) is 0 Å². The molecule has 0 bridgehead atoms. The zero-order chi connectivity index (χ0) is 12.7. The highest BCUT2D eigenvalue weighted by Gasteiger charge is 2.10. The van der Waals surface area contributed by atoms with Gasteiger partial charge in [0.15, 0.2) is 0 Å². The van der Waals surface area contributed by atoms with Gasteiger partial charge in [0, 0.05) is 25.1 Å². The Morgan fingerprint density at radius 2 is 2.12 bits per heavy atom. The van der Waals surface area contributed by atoms with E-state index in [1.165, 1.54) is 6.07 Å². The van der Waals surface area contributed by atoms with E-state index in [-0.39, 0.29) is 5.56 Å². The van der Waals surface area contributed by atoms with E-state index >= 15 is 0 Å². The Hall–Kier alpha value is -1.91. The van der Waals surface area contributed by atoms with Crippen LogP contribution in [0.4, 0.5) is 4.39 Å². The summed E-state index contributed by atoms with van der Waals surface area (Å²) in [6.45, 7) is 3.75. The molecule has 0 saturated carbocycles. The fourth-order valence-corrected chi connectivity index (χ4v) is 1.59. The summed E-state index contributed by atoms with van der Waals surface area (Å²) in [7, 11) is 0. The average molecular weight is 231 g/mol. The third-order valence-corrected chi connectivity index (χ3v) is 2.58. The lowest BCUT2D eigenvalue weighted by Gasteiger charge is -2.19. The number of hydrogen-bond acceptors (Lipinski definition) is 3. The molecule has 88 valence electrons. The predicted molar refractivity (Wildman–Crippen MR) is 62.3 cm³/mol. The quantitative estimate of drug-likeness (QED) is 0.782. The van der Waals surface area contributed by atoms with Gasteiger partial charge in [0.05, 0.1) is 11.6 Å². The maximum Gasteiger partial charge on any atom is 0.145 e. The molecule has 0 aliphatic rings. The van der Waals surface area contributed by atoms with Crippen LogP contribution in [0, 0.1) is 28.5 Å². The van der Waals surface area contributed by atoms with Gasteiger partial charge in [-0.05, 0) is 12.6 Å². The zero-order valence-corrected chi connectivity index (χ0v) is 9.78. The zero-order valence-electron chi connectivity index (χ0n) is 9.78. The first kappa shape index (κ1) is 13.2. The third-order valence-electron chi connectivity index (χ3n) is 2.58. The average Bonchev–Trinajstić information content (AvgIpc) is 2.36.